The molecule has 0 bridgehead atoms. The molecule has 1 N–H and O–H groups in total. The van der Waals surface area contributed by atoms with E-state index in [1.54, 1.807) is 0 Å². The van der Waals surface area contributed by atoms with Gasteiger partial charge in [0.1, 0.15) is 0 Å². The number of aliphatic carboxylic acids is 1. The lowest BCUT2D eigenvalue weighted by Crippen LogP contribution is -2.49. The van der Waals surface area contributed by atoms with Gasteiger partial charge in [-0.15, -0.1) is 0 Å². The fourth-order valence-corrected chi connectivity index (χ4v) is 4.63. The van der Waals surface area contributed by atoms with Gasteiger partial charge in [-0.1, -0.05) is 0 Å². The van der Waals surface area contributed by atoms with Crippen molar-refractivity contribution in [3.05, 3.63) is 0 Å². The Hall–Kier alpha value is 0.130. The summed E-state index contributed by atoms with van der Waals surface area (Å²) in [5.41, 5.74) is 0. The van der Waals surface area contributed by atoms with E-state index < -0.39 is 5.97 Å². The van der Waals surface area contributed by atoms with Gasteiger partial charge in [0.05, 0.1) is 6.42 Å². The third-order valence-electron chi connectivity index (χ3n) is 3.06. The number of thioether (sulfide) groups is 2. The molecule has 2 rings (SSSR count). The first kappa shape index (κ1) is 11.6. The van der Waals surface area contributed by atoms with E-state index in [0.717, 1.165) is 18.1 Å². The summed E-state index contributed by atoms with van der Waals surface area (Å²) in [4.78, 5) is 13.2. The van der Waals surface area contributed by atoms with Crippen LogP contribution in [0.4, 0.5) is 0 Å². The van der Waals surface area contributed by atoms with Crippen LogP contribution in [0.25, 0.3) is 0 Å². The van der Waals surface area contributed by atoms with Crippen molar-refractivity contribution < 1.29 is 9.90 Å². The average Bonchev–Trinajstić information content (AvgIpc) is 2.70. The summed E-state index contributed by atoms with van der Waals surface area (Å²) in [7, 11) is 0. The Balaban J connectivity index is 1.95. The third kappa shape index (κ3) is 3.04. The van der Waals surface area contributed by atoms with E-state index in [1.807, 2.05) is 23.5 Å². The number of hydrogen-bond acceptors (Lipinski definition) is 4. The highest BCUT2D eigenvalue weighted by molar-refractivity contribution is 7.99. The SMILES string of the molecule is O=C(O)CC1CSCCN1C1CCSC1. The molecule has 0 aromatic carbocycles. The van der Waals surface area contributed by atoms with Crippen molar-refractivity contribution in [1.29, 1.82) is 0 Å². The second kappa shape index (κ2) is 5.46. The van der Waals surface area contributed by atoms with Gasteiger partial charge in [0.2, 0.25) is 0 Å². The normalized spacial score (nSPS) is 33.1. The van der Waals surface area contributed by atoms with Gasteiger partial charge in [-0.25, -0.2) is 0 Å². The van der Waals surface area contributed by atoms with Crippen LogP contribution < -0.4 is 0 Å². The lowest BCUT2D eigenvalue weighted by Gasteiger charge is -2.38. The largest absolute Gasteiger partial charge is 0.481 e. The summed E-state index contributed by atoms with van der Waals surface area (Å²) in [5, 5.41) is 8.89. The Morgan fingerprint density at radius 3 is 2.80 bits per heavy atom. The maximum Gasteiger partial charge on any atom is 0.304 e. The third-order valence-corrected chi connectivity index (χ3v) is 5.29. The van der Waals surface area contributed by atoms with E-state index >= 15 is 0 Å². The van der Waals surface area contributed by atoms with Crippen LogP contribution in [0.15, 0.2) is 0 Å². The maximum atomic E-state index is 10.8. The first-order valence-corrected chi connectivity index (χ1v) is 7.71. The van der Waals surface area contributed by atoms with Gasteiger partial charge < -0.3 is 5.11 Å². The Kier molecular flexibility index (Phi) is 4.22. The molecule has 2 unspecified atom stereocenters. The molecule has 0 radical (unpaired) electrons. The number of carbonyl (C=O) groups is 1. The van der Waals surface area contributed by atoms with E-state index in [4.69, 9.17) is 5.11 Å². The molecule has 0 aromatic heterocycles. The molecule has 2 fully saturated rings. The van der Waals surface area contributed by atoms with Crippen molar-refractivity contribution in [2.45, 2.75) is 24.9 Å². The minimum Gasteiger partial charge on any atom is -0.481 e. The van der Waals surface area contributed by atoms with Crippen molar-refractivity contribution >= 4 is 29.5 Å². The monoisotopic (exact) mass is 247 g/mol. The predicted octanol–water partition coefficient (Wildman–Crippen LogP) is 1.38. The van der Waals surface area contributed by atoms with Gasteiger partial charge in [-0.05, 0) is 12.2 Å². The van der Waals surface area contributed by atoms with Crippen LogP contribution in [0.5, 0.6) is 0 Å². The Bertz CT molecular complexity index is 231. The first-order chi connectivity index (χ1) is 7.27. The quantitative estimate of drug-likeness (QED) is 0.816. The zero-order valence-electron chi connectivity index (χ0n) is 8.72. The molecule has 2 aliphatic rings. The van der Waals surface area contributed by atoms with Gasteiger partial charge in [-0.2, -0.15) is 23.5 Å². The minimum atomic E-state index is -0.654. The number of carboxylic acids is 1. The molecule has 2 saturated heterocycles. The summed E-state index contributed by atoms with van der Waals surface area (Å²) in [6.45, 7) is 1.08. The Morgan fingerprint density at radius 1 is 1.33 bits per heavy atom. The molecular weight excluding hydrogens is 230 g/mol. The molecule has 0 aliphatic carbocycles. The van der Waals surface area contributed by atoms with Crippen molar-refractivity contribution in [2.75, 3.05) is 29.6 Å². The lowest BCUT2D eigenvalue weighted by molar-refractivity contribution is -0.138. The van der Waals surface area contributed by atoms with Crippen LogP contribution in [-0.2, 0) is 4.79 Å². The van der Waals surface area contributed by atoms with Crippen molar-refractivity contribution in [3.8, 4) is 0 Å². The van der Waals surface area contributed by atoms with Crippen LogP contribution in [0.2, 0.25) is 0 Å². The number of nitrogens with zero attached hydrogens (tertiary/aromatic N) is 1. The number of carboxylic acid groups (broad SMARTS) is 1. The van der Waals surface area contributed by atoms with Gasteiger partial charge in [0.15, 0.2) is 0 Å². The van der Waals surface area contributed by atoms with E-state index in [2.05, 4.69) is 4.90 Å². The van der Waals surface area contributed by atoms with Crippen molar-refractivity contribution in [1.82, 2.24) is 4.90 Å². The molecule has 0 aromatic rings. The molecule has 2 heterocycles. The van der Waals surface area contributed by atoms with E-state index in [9.17, 15) is 4.79 Å². The van der Waals surface area contributed by atoms with Crippen LogP contribution in [-0.4, -0.2) is 57.6 Å². The van der Waals surface area contributed by atoms with E-state index in [1.165, 1.54) is 17.9 Å². The Labute approximate surface area is 99.0 Å². The average molecular weight is 247 g/mol. The fraction of sp³-hybridized carbons (Fsp3) is 0.900. The van der Waals surface area contributed by atoms with Crippen LogP contribution in [0.1, 0.15) is 12.8 Å². The second-order valence-corrected chi connectivity index (χ2v) is 6.38. The minimum absolute atomic E-state index is 0.268. The molecule has 5 heteroatoms. The van der Waals surface area contributed by atoms with Crippen LogP contribution in [0.3, 0.4) is 0 Å². The highest BCUT2D eigenvalue weighted by Crippen LogP contribution is 2.28. The van der Waals surface area contributed by atoms with E-state index in [0.29, 0.717) is 12.5 Å². The Morgan fingerprint density at radius 2 is 2.13 bits per heavy atom. The molecule has 2 aliphatic heterocycles. The zero-order chi connectivity index (χ0) is 10.7. The fourth-order valence-electron chi connectivity index (χ4n) is 2.31. The summed E-state index contributed by atoms with van der Waals surface area (Å²) in [5.74, 6) is 3.94. The van der Waals surface area contributed by atoms with Gasteiger partial charge in [0.25, 0.3) is 0 Å². The summed E-state index contributed by atoms with van der Waals surface area (Å²) in [6, 6.07) is 0.908. The molecule has 3 nitrogen and oxygen atoms in total. The second-order valence-electron chi connectivity index (χ2n) is 4.08. The first-order valence-electron chi connectivity index (χ1n) is 5.40. The molecule has 86 valence electrons. The van der Waals surface area contributed by atoms with Crippen LogP contribution in [0, 0.1) is 0 Å². The molecule has 2 atom stereocenters. The standard InChI is InChI=1S/C10H17NO2S2/c12-10(13)5-9-7-15-4-2-11(9)8-1-3-14-6-8/h8-9H,1-7H2,(H,12,13). The zero-order valence-corrected chi connectivity index (χ0v) is 10.4. The van der Waals surface area contributed by atoms with Crippen molar-refractivity contribution in [2.24, 2.45) is 0 Å². The topological polar surface area (TPSA) is 40.5 Å². The predicted molar refractivity (Wildman–Crippen MR) is 65.8 cm³/mol. The van der Waals surface area contributed by atoms with Gasteiger partial charge in [-0.3, -0.25) is 9.69 Å². The van der Waals surface area contributed by atoms with Crippen LogP contribution >= 0.6 is 23.5 Å². The highest BCUT2D eigenvalue weighted by Gasteiger charge is 2.32. The number of hydrogen-bond donors (Lipinski definition) is 1. The molecule has 0 spiro atoms. The van der Waals surface area contributed by atoms with Gasteiger partial charge >= 0.3 is 5.97 Å². The smallest absolute Gasteiger partial charge is 0.304 e. The number of rotatable bonds is 3. The molecule has 15 heavy (non-hydrogen) atoms. The lowest BCUT2D eigenvalue weighted by atomic mass is 10.1. The van der Waals surface area contributed by atoms with Gasteiger partial charge in [0, 0.05) is 35.9 Å². The summed E-state index contributed by atoms with van der Waals surface area (Å²) >= 11 is 3.90. The highest BCUT2D eigenvalue weighted by atomic mass is 32.2. The molecule has 0 saturated carbocycles. The van der Waals surface area contributed by atoms with Crippen molar-refractivity contribution in [3.63, 3.8) is 0 Å². The summed E-state index contributed by atoms with van der Waals surface area (Å²) in [6.07, 6.45) is 1.56. The molecular formula is C10H17NO2S2. The summed E-state index contributed by atoms with van der Waals surface area (Å²) < 4.78 is 0. The molecule has 0 amide bonds. The van der Waals surface area contributed by atoms with E-state index in [-0.39, 0.29) is 6.04 Å². The maximum absolute atomic E-state index is 10.8.